The topological polar surface area (TPSA) is 15.3 Å². The van der Waals surface area contributed by atoms with E-state index in [1.165, 1.54) is 38.8 Å². The van der Waals surface area contributed by atoms with Crippen LogP contribution in [0.3, 0.4) is 0 Å². The first-order chi connectivity index (χ1) is 5.31. The molecule has 2 nitrogen and oxygen atoms in total. The molecule has 2 rings (SSSR count). The smallest absolute Gasteiger partial charge is 0.0448 e. The summed E-state index contributed by atoms with van der Waals surface area (Å²) in [6.45, 7) is 4.82. The molecule has 1 atom stereocenters. The van der Waals surface area contributed by atoms with Gasteiger partial charge >= 0.3 is 0 Å². The van der Waals surface area contributed by atoms with Crippen molar-refractivity contribution >= 4 is 0 Å². The Labute approximate surface area is 69.0 Å². The number of hydrogen-bond donors (Lipinski definition) is 1. The number of nitrogens with zero attached hydrogens (tertiary/aromatic N) is 1. The van der Waals surface area contributed by atoms with Gasteiger partial charge < -0.3 is 5.32 Å². The minimum absolute atomic E-state index is 0.396. The van der Waals surface area contributed by atoms with Crippen molar-refractivity contribution < 1.29 is 0 Å². The molecule has 0 saturated carbocycles. The first-order valence-corrected chi connectivity index (χ1v) is 4.62. The highest BCUT2D eigenvalue weighted by Crippen LogP contribution is 2.31. The first-order valence-electron chi connectivity index (χ1n) is 4.62. The molecule has 0 aromatic rings. The Hall–Kier alpha value is -0.0800. The number of hydrogen-bond acceptors (Lipinski definition) is 2. The normalized spacial score (nSPS) is 40.1. The molecular formula is C9H17N2. The van der Waals surface area contributed by atoms with E-state index in [9.17, 15) is 0 Å². The average molecular weight is 153 g/mol. The molecule has 11 heavy (non-hydrogen) atoms. The zero-order valence-electron chi connectivity index (χ0n) is 7.27. The molecule has 2 fully saturated rings. The average Bonchev–Trinajstić information content (AvgIpc) is 2.34. The maximum absolute atomic E-state index is 3.63. The van der Waals surface area contributed by atoms with Crippen LogP contribution in [0.4, 0.5) is 0 Å². The van der Waals surface area contributed by atoms with Crippen molar-refractivity contribution in [3.05, 3.63) is 6.54 Å². The van der Waals surface area contributed by atoms with Crippen LogP contribution in [0, 0.1) is 6.54 Å². The van der Waals surface area contributed by atoms with Crippen LogP contribution in [-0.4, -0.2) is 30.6 Å². The van der Waals surface area contributed by atoms with Gasteiger partial charge in [0, 0.05) is 18.6 Å². The highest BCUT2D eigenvalue weighted by Gasteiger charge is 2.37. The molecule has 1 unspecified atom stereocenters. The molecule has 2 saturated heterocycles. The van der Waals surface area contributed by atoms with Crippen LogP contribution in [0.1, 0.15) is 25.7 Å². The summed E-state index contributed by atoms with van der Waals surface area (Å²) in [6, 6.07) is 0. The van der Waals surface area contributed by atoms with Gasteiger partial charge in [-0.15, -0.1) is 0 Å². The lowest BCUT2D eigenvalue weighted by molar-refractivity contribution is 0.295. The fraction of sp³-hybridized carbons (Fsp3) is 0.889. The second-order valence-corrected chi connectivity index (χ2v) is 3.90. The van der Waals surface area contributed by atoms with E-state index in [0.29, 0.717) is 5.54 Å². The Morgan fingerprint density at radius 3 is 2.82 bits per heavy atom. The third-order valence-electron chi connectivity index (χ3n) is 2.90. The molecule has 0 aliphatic carbocycles. The standard InChI is InChI=1S/C9H17N2/c1-11-7-5-9(8-11)4-2-3-6-10-9/h8,10H,2-7H2,1H3. The van der Waals surface area contributed by atoms with Gasteiger partial charge in [0.15, 0.2) is 0 Å². The fourth-order valence-electron chi connectivity index (χ4n) is 2.24. The van der Waals surface area contributed by atoms with E-state index >= 15 is 0 Å². The molecule has 2 heteroatoms. The van der Waals surface area contributed by atoms with Gasteiger partial charge in [0.25, 0.3) is 0 Å². The van der Waals surface area contributed by atoms with Crippen LogP contribution in [0.15, 0.2) is 0 Å². The van der Waals surface area contributed by atoms with E-state index in [1.807, 2.05) is 0 Å². The molecule has 63 valence electrons. The van der Waals surface area contributed by atoms with Crippen LogP contribution in [-0.2, 0) is 0 Å². The van der Waals surface area contributed by atoms with Crippen LogP contribution in [0.25, 0.3) is 0 Å². The summed E-state index contributed by atoms with van der Waals surface area (Å²) in [6.07, 6.45) is 5.41. The van der Waals surface area contributed by atoms with Crippen molar-refractivity contribution in [1.29, 1.82) is 0 Å². The second-order valence-electron chi connectivity index (χ2n) is 3.90. The third kappa shape index (κ3) is 1.42. The number of nitrogens with one attached hydrogen (secondary N) is 1. The zero-order valence-corrected chi connectivity index (χ0v) is 7.27. The van der Waals surface area contributed by atoms with Crippen molar-refractivity contribution in [1.82, 2.24) is 10.2 Å². The molecule has 1 spiro atoms. The lowest BCUT2D eigenvalue weighted by Gasteiger charge is -2.34. The van der Waals surface area contributed by atoms with Gasteiger partial charge in [0.1, 0.15) is 0 Å². The van der Waals surface area contributed by atoms with Gasteiger partial charge in [-0.05, 0) is 32.9 Å². The molecule has 0 amide bonds. The van der Waals surface area contributed by atoms with Gasteiger partial charge in [-0.2, -0.15) is 0 Å². The highest BCUT2D eigenvalue weighted by atomic mass is 15.2. The van der Waals surface area contributed by atoms with Gasteiger partial charge in [0.2, 0.25) is 0 Å². The Morgan fingerprint density at radius 1 is 1.36 bits per heavy atom. The van der Waals surface area contributed by atoms with Crippen LogP contribution in [0.2, 0.25) is 0 Å². The minimum Gasteiger partial charge on any atom is -0.310 e. The van der Waals surface area contributed by atoms with E-state index < -0.39 is 0 Å². The quantitative estimate of drug-likeness (QED) is 0.558. The van der Waals surface area contributed by atoms with E-state index in [4.69, 9.17) is 0 Å². The molecule has 0 aromatic carbocycles. The third-order valence-corrected chi connectivity index (χ3v) is 2.90. The predicted octanol–water partition coefficient (Wildman–Crippen LogP) is 0.996. The first kappa shape index (κ1) is 7.56. The molecule has 0 bridgehead atoms. The van der Waals surface area contributed by atoms with Crippen LogP contribution in [0.5, 0.6) is 0 Å². The molecule has 1 radical (unpaired) electrons. The SMILES string of the molecule is CN1[CH]C2(CCCCN2)CC1. The van der Waals surface area contributed by atoms with E-state index in [0.717, 1.165) is 0 Å². The van der Waals surface area contributed by atoms with E-state index in [-0.39, 0.29) is 0 Å². The van der Waals surface area contributed by atoms with Gasteiger partial charge in [-0.3, -0.25) is 4.90 Å². The van der Waals surface area contributed by atoms with Crippen molar-refractivity contribution in [2.24, 2.45) is 0 Å². The number of likely N-dealkylation sites (N-methyl/N-ethyl adjacent to an activating group) is 1. The largest absolute Gasteiger partial charge is 0.310 e. The summed E-state index contributed by atoms with van der Waals surface area (Å²) in [5.41, 5.74) is 0.396. The number of likely N-dealkylation sites (tertiary alicyclic amines) is 1. The summed E-state index contributed by atoms with van der Waals surface area (Å²) in [4.78, 5) is 2.32. The van der Waals surface area contributed by atoms with Crippen LogP contribution >= 0.6 is 0 Å². The molecule has 2 aliphatic heterocycles. The molecular weight excluding hydrogens is 136 g/mol. The monoisotopic (exact) mass is 153 g/mol. The minimum atomic E-state index is 0.396. The van der Waals surface area contributed by atoms with Crippen molar-refractivity contribution in [3.8, 4) is 0 Å². The maximum atomic E-state index is 3.63. The summed E-state index contributed by atoms with van der Waals surface area (Å²) in [7, 11) is 2.17. The Balaban J connectivity index is 1.98. The van der Waals surface area contributed by atoms with E-state index in [2.05, 4.69) is 23.8 Å². The lowest BCUT2D eigenvalue weighted by atomic mass is 9.88. The molecule has 1 N–H and O–H groups in total. The van der Waals surface area contributed by atoms with Gasteiger partial charge in [0.05, 0.1) is 0 Å². The van der Waals surface area contributed by atoms with Crippen LogP contribution < -0.4 is 5.32 Å². The number of rotatable bonds is 0. The van der Waals surface area contributed by atoms with Crippen molar-refractivity contribution in [2.75, 3.05) is 20.1 Å². The molecule has 2 aliphatic rings. The van der Waals surface area contributed by atoms with Crippen molar-refractivity contribution in [3.63, 3.8) is 0 Å². The Morgan fingerprint density at radius 2 is 2.27 bits per heavy atom. The van der Waals surface area contributed by atoms with Crippen molar-refractivity contribution in [2.45, 2.75) is 31.2 Å². The zero-order chi connectivity index (χ0) is 7.73. The van der Waals surface area contributed by atoms with Gasteiger partial charge in [-0.25, -0.2) is 0 Å². The van der Waals surface area contributed by atoms with E-state index in [1.54, 1.807) is 0 Å². The summed E-state index contributed by atoms with van der Waals surface area (Å²) in [5.74, 6) is 0. The molecule has 2 heterocycles. The Bertz CT molecular complexity index is 133. The summed E-state index contributed by atoms with van der Waals surface area (Å²) < 4.78 is 0. The number of piperidine rings is 1. The molecule has 0 aromatic heterocycles. The maximum Gasteiger partial charge on any atom is 0.0448 e. The second kappa shape index (κ2) is 2.76. The summed E-state index contributed by atoms with van der Waals surface area (Å²) >= 11 is 0. The summed E-state index contributed by atoms with van der Waals surface area (Å²) in [5, 5.41) is 3.63. The Kier molecular flexibility index (Phi) is 1.90. The predicted molar refractivity (Wildman–Crippen MR) is 46.1 cm³/mol. The highest BCUT2D eigenvalue weighted by molar-refractivity contribution is 5.06. The fourth-order valence-corrected chi connectivity index (χ4v) is 2.24. The van der Waals surface area contributed by atoms with Gasteiger partial charge in [-0.1, -0.05) is 6.42 Å². The lowest BCUT2D eigenvalue weighted by Crippen LogP contribution is -2.47.